The summed E-state index contributed by atoms with van der Waals surface area (Å²) in [7, 11) is 0. The maximum Gasteiger partial charge on any atom is 0.235 e. The number of nitriles is 1. The van der Waals surface area contributed by atoms with Crippen LogP contribution in [0.1, 0.15) is 32.6 Å². The van der Waals surface area contributed by atoms with Crippen molar-refractivity contribution >= 4 is 17.5 Å². The van der Waals surface area contributed by atoms with Gasteiger partial charge in [0.1, 0.15) is 5.54 Å². The fourth-order valence-electron chi connectivity index (χ4n) is 3.53. The summed E-state index contributed by atoms with van der Waals surface area (Å²) in [6.45, 7) is 3.53. The Kier molecular flexibility index (Phi) is 5.58. The van der Waals surface area contributed by atoms with E-state index in [1.54, 1.807) is 0 Å². The van der Waals surface area contributed by atoms with E-state index in [1.807, 2.05) is 37.3 Å². The Labute approximate surface area is 154 Å². The van der Waals surface area contributed by atoms with Crippen molar-refractivity contribution in [2.24, 2.45) is 11.8 Å². The first kappa shape index (κ1) is 18.4. The van der Waals surface area contributed by atoms with Gasteiger partial charge in [0, 0.05) is 11.6 Å². The molecule has 1 aliphatic heterocycles. The van der Waals surface area contributed by atoms with Crippen LogP contribution in [-0.2, 0) is 9.59 Å². The molecule has 0 aromatic heterocycles. The SMILES string of the molecule is CC(C#N)(NC(=O)CN1CCC(C(=O)Nc2ccccc2)CC1)C1CC1. The average molecular weight is 354 g/mol. The first-order valence-corrected chi connectivity index (χ1v) is 9.31. The van der Waals surface area contributed by atoms with Crippen LogP contribution in [0.2, 0.25) is 0 Å². The zero-order chi connectivity index (χ0) is 18.6. The van der Waals surface area contributed by atoms with Gasteiger partial charge in [0.15, 0.2) is 0 Å². The molecule has 1 aliphatic carbocycles. The van der Waals surface area contributed by atoms with Gasteiger partial charge in [-0.1, -0.05) is 18.2 Å². The highest BCUT2D eigenvalue weighted by Gasteiger charge is 2.43. The number of rotatable bonds is 6. The minimum Gasteiger partial charge on any atom is -0.337 e. The zero-order valence-electron chi connectivity index (χ0n) is 15.2. The Bertz CT molecular complexity index is 688. The smallest absolute Gasteiger partial charge is 0.235 e. The molecule has 0 spiro atoms. The van der Waals surface area contributed by atoms with Gasteiger partial charge in [0.2, 0.25) is 11.8 Å². The molecule has 6 nitrogen and oxygen atoms in total. The number of nitrogens with zero attached hydrogens (tertiary/aromatic N) is 2. The lowest BCUT2D eigenvalue weighted by molar-refractivity contribution is -0.124. The topological polar surface area (TPSA) is 85.2 Å². The van der Waals surface area contributed by atoms with Crippen LogP contribution < -0.4 is 10.6 Å². The number of hydrogen-bond donors (Lipinski definition) is 2. The summed E-state index contributed by atoms with van der Waals surface area (Å²) in [6, 6.07) is 11.7. The molecule has 26 heavy (non-hydrogen) atoms. The number of para-hydroxylation sites is 1. The normalized spacial score (nSPS) is 20.6. The Balaban J connectivity index is 1.43. The molecule has 138 valence electrons. The van der Waals surface area contributed by atoms with Gasteiger partial charge < -0.3 is 10.6 Å². The predicted molar refractivity (Wildman–Crippen MR) is 99.1 cm³/mol. The summed E-state index contributed by atoms with van der Waals surface area (Å²) in [4.78, 5) is 26.7. The van der Waals surface area contributed by atoms with Gasteiger partial charge in [-0.15, -0.1) is 0 Å². The van der Waals surface area contributed by atoms with Crippen molar-refractivity contribution < 1.29 is 9.59 Å². The van der Waals surface area contributed by atoms with E-state index in [2.05, 4.69) is 21.6 Å². The van der Waals surface area contributed by atoms with E-state index >= 15 is 0 Å². The summed E-state index contributed by atoms with van der Waals surface area (Å²) in [5, 5.41) is 15.2. The fourth-order valence-corrected chi connectivity index (χ4v) is 3.53. The number of amides is 2. The van der Waals surface area contributed by atoms with Crippen molar-refractivity contribution in [1.29, 1.82) is 5.26 Å². The Morgan fingerprint density at radius 3 is 2.42 bits per heavy atom. The molecular formula is C20H26N4O2. The van der Waals surface area contributed by atoms with Gasteiger partial charge in [0.25, 0.3) is 0 Å². The fraction of sp³-hybridized carbons (Fsp3) is 0.550. The van der Waals surface area contributed by atoms with Crippen molar-refractivity contribution in [3.63, 3.8) is 0 Å². The number of piperidine rings is 1. The number of carbonyl (C=O) groups is 2. The summed E-state index contributed by atoms with van der Waals surface area (Å²) < 4.78 is 0. The molecule has 2 fully saturated rings. The van der Waals surface area contributed by atoms with Gasteiger partial charge in [0.05, 0.1) is 12.6 Å². The van der Waals surface area contributed by atoms with Gasteiger partial charge in [-0.3, -0.25) is 14.5 Å². The van der Waals surface area contributed by atoms with E-state index in [1.165, 1.54) is 0 Å². The van der Waals surface area contributed by atoms with Crippen LogP contribution >= 0.6 is 0 Å². The van der Waals surface area contributed by atoms with Crippen LogP contribution in [0.15, 0.2) is 30.3 Å². The largest absolute Gasteiger partial charge is 0.337 e. The molecule has 0 bridgehead atoms. The Morgan fingerprint density at radius 1 is 1.19 bits per heavy atom. The molecule has 6 heteroatoms. The monoisotopic (exact) mass is 354 g/mol. The average Bonchev–Trinajstić information content (AvgIpc) is 3.48. The third kappa shape index (κ3) is 4.61. The first-order valence-electron chi connectivity index (χ1n) is 9.31. The second kappa shape index (κ2) is 7.88. The van der Waals surface area contributed by atoms with E-state index in [4.69, 9.17) is 0 Å². The highest BCUT2D eigenvalue weighted by Crippen LogP contribution is 2.39. The van der Waals surface area contributed by atoms with E-state index < -0.39 is 5.54 Å². The Hall–Kier alpha value is -2.39. The molecule has 1 aromatic carbocycles. The van der Waals surface area contributed by atoms with E-state index in [0.29, 0.717) is 13.1 Å². The lowest BCUT2D eigenvalue weighted by Crippen LogP contribution is -2.51. The van der Waals surface area contributed by atoms with Crippen molar-refractivity contribution in [2.75, 3.05) is 25.0 Å². The van der Waals surface area contributed by atoms with Crippen LogP contribution in [-0.4, -0.2) is 41.9 Å². The number of anilines is 1. The molecule has 1 saturated carbocycles. The molecule has 2 amide bonds. The molecule has 1 saturated heterocycles. The molecule has 2 aliphatic rings. The van der Waals surface area contributed by atoms with Gasteiger partial charge in [-0.05, 0) is 63.7 Å². The minimum absolute atomic E-state index is 0.0228. The predicted octanol–water partition coefficient (Wildman–Crippen LogP) is 2.15. The number of hydrogen-bond acceptors (Lipinski definition) is 4. The maximum atomic E-state index is 12.4. The molecule has 2 N–H and O–H groups in total. The highest BCUT2D eigenvalue weighted by molar-refractivity contribution is 5.92. The third-order valence-electron chi connectivity index (χ3n) is 5.39. The molecule has 1 atom stereocenters. The maximum absolute atomic E-state index is 12.4. The highest BCUT2D eigenvalue weighted by atomic mass is 16.2. The van der Waals surface area contributed by atoms with Crippen LogP contribution in [0.25, 0.3) is 0 Å². The Morgan fingerprint density at radius 2 is 1.85 bits per heavy atom. The molecule has 3 rings (SSSR count). The second-order valence-electron chi connectivity index (χ2n) is 7.54. The summed E-state index contributed by atoms with van der Waals surface area (Å²) in [5.41, 5.74) is 0.0699. The minimum atomic E-state index is -0.745. The number of carbonyl (C=O) groups excluding carboxylic acids is 2. The summed E-state index contributed by atoms with van der Waals surface area (Å²) in [5.74, 6) is 0.202. The van der Waals surface area contributed by atoms with Crippen molar-refractivity contribution in [3.05, 3.63) is 30.3 Å². The number of nitrogens with one attached hydrogen (secondary N) is 2. The lowest BCUT2D eigenvalue weighted by Gasteiger charge is -2.32. The first-order chi connectivity index (χ1) is 12.5. The third-order valence-corrected chi connectivity index (χ3v) is 5.39. The van der Waals surface area contributed by atoms with Crippen LogP contribution in [0.4, 0.5) is 5.69 Å². The van der Waals surface area contributed by atoms with E-state index in [-0.39, 0.29) is 30.2 Å². The van der Waals surface area contributed by atoms with E-state index in [0.717, 1.165) is 31.4 Å². The van der Waals surface area contributed by atoms with Crippen LogP contribution in [0, 0.1) is 23.2 Å². The van der Waals surface area contributed by atoms with Crippen molar-refractivity contribution in [2.45, 2.75) is 38.1 Å². The lowest BCUT2D eigenvalue weighted by atomic mass is 9.95. The van der Waals surface area contributed by atoms with E-state index in [9.17, 15) is 14.9 Å². The van der Waals surface area contributed by atoms with Crippen LogP contribution in [0.3, 0.4) is 0 Å². The standard InChI is InChI=1S/C20H26N4O2/c1-20(14-21,16-7-8-16)23-18(25)13-24-11-9-15(10-12-24)19(26)22-17-5-3-2-4-6-17/h2-6,15-16H,7-13H2,1H3,(H,22,26)(H,23,25). The summed E-state index contributed by atoms with van der Waals surface area (Å²) in [6.07, 6.45) is 3.49. The van der Waals surface area contributed by atoms with Gasteiger partial charge >= 0.3 is 0 Å². The van der Waals surface area contributed by atoms with Gasteiger partial charge in [-0.25, -0.2) is 0 Å². The molecule has 1 aromatic rings. The number of benzene rings is 1. The molecule has 0 radical (unpaired) electrons. The molecular weight excluding hydrogens is 328 g/mol. The second-order valence-corrected chi connectivity index (χ2v) is 7.54. The van der Waals surface area contributed by atoms with Crippen molar-refractivity contribution in [1.82, 2.24) is 10.2 Å². The zero-order valence-corrected chi connectivity index (χ0v) is 15.2. The van der Waals surface area contributed by atoms with Crippen molar-refractivity contribution in [3.8, 4) is 6.07 Å². The summed E-state index contributed by atoms with van der Waals surface area (Å²) >= 11 is 0. The molecule has 1 unspecified atom stereocenters. The quantitative estimate of drug-likeness (QED) is 0.820. The van der Waals surface area contributed by atoms with Gasteiger partial charge in [-0.2, -0.15) is 5.26 Å². The number of likely N-dealkylation sites (tertiary alicyclic amines) is 1. The van der Waals surface area contributed by atoms with Crippen LogP contribution in [0.5, 0.6) is 0 Å². The molecule has 1 heterocycles.